The van der Waals surface area contributed by atoms with Gasteiger partial charge in [-0.2, -0.15) is 13.2 Å². The van der Waals surface area contributed by atoms with E-state index in [0.717, 1.165) is 5.57 Å². The van der Waals surface area contributed by atoms with Gasteiger partial charge in [0.25, 0.3) is 0 Å². The predicted octanol–water partition coefficient (Wildman–Crippen LogP) is 2.66. The quantitative estimate of drug-likeness (QED) is 0.665. The second kappa shape index (κ2) is 4.50. The van der Waals surface area contributed by atoms with Crippen molar-refractivity contribution >= 4 is 0 Å². The van der Waals surface area contributed by atoms with Crippen LogP contribution in [0.25, 0.3) is 0 Å². The van der Waals surface area contributed by atoms with Gasteiger partial charge in [-0.25, -0.2) is 0 Å². The SMILES string of the molecule is CC(C)=CC(O)CCC(F)(F)F. The van der Waals surface area contributed by atoms with Crippen LogP contribution in [0.1, 0.15) is 26.7 Å². The summed E-state index contributed by atoms with van der Waals surface area (Å²) in [6, 6.07) is 0. The lowest BCUT2D eigenvalue weighted by Gasteiger charge is -2.08. The topological polar surface area (TPSA) is 20.2 Å². The Labute approximate surface area is 69.9 Å². The van der Waals surface area contributed by atoms with Crippen LogP contribution < -0.4 is 0 Å². The minimum atomic E-state index is -4.17. The first-order valence-electron chi connectivity index (χ1n) is 3.71. The molecule has 0 heterocycles. The number of allylic oxidation sites excluding steroid dienone is 1. The summed E-state index contributed by atoms with van der Waals surface area (Å²) < 4.78 is 34.9. The number of hydrogen-bond acceptors (Lipinski definition) is 1. The summed E-state index contributed by atoms with van der Waals surface area (Å²) in [4.78, 5) is 0. The Balaban J connectivity index is 3.73. The molecule has 1 atom stereocenters. The number of halogens is 3. The second-order valence-electron chi connectivity index (χ2n) is 2.97. The summed E-state index contributed by atoms with van der Waals surface area (Å²) in [7, 11) is 0. The van der Waals surface area contributed by atoms with Crippen LogP contribution in [0.4, 0.5) is 13.2 Å². The maximum Gasteiger partial charge on any atom is 0.389 e. The normalized spacial score (nSPS) is 14.2. The lowest BCUT2D eigenvalue weighted by Crippen LogP contribution is -2.12. The van der Waals surface area contributed by atoms with E-state index in [4.69, 9.17) is 5.11 Å². The largest absolute Gasteiger partial charge is 0.389 e. The molecule has 0 saturated heterocycles. The molecule has 0 fully saturated rings. The van der Waals surface area contributed by atoms with Crippen LogP contribution in [0.5, 0.6) is 0 Å². The molecule has 0 aliphatic carbocycles. The van der Waals surface area contributed by atoms with Crippen LogP contribution in [0.3, 0.4) is 0 Å². The standard InChI is InChI=1S/C8H13F3O/c1-6(2)5-7(12)3-4-8(9,10)11/h5,7,12H,3-4H2,1-2H3. The van der Waals surface area contributed by atoms with Crippen molar-refractivity contribution in [1.82, 2.24) is 0 Å². The van der Waals surface area contributed by atoms with Crippen molar-refractivity contribution in [3.63, 3.8) is 0 Å². The average molecular weight is 182 g/mol. The lowest BCUT2D eigenvalue weighted by molar-refractivity contribution is -0.138. The van der Waals surface area contributed by atoms with Crippen molar-refractivity contribution in [3.05, 3.63) is 11.6 Å². The van der Waals surface area contributed by atoms with Gasteiger partial charge in [0.2, 0.25) is 0 Å². The molecule has 0 saturated carbocycles. The Morgan fingerprint density at radius 2 is 1.92 bits per heavy atom. The third-order valence-corrected chi connectivity index (χ3v) is 1.25. The smallest absolute Gasteiger partial charge is 0.389 e. The van der Waals surface area contributed by atoms with Gasteiger partial charge >= 0.3 is 6.18 Å². The van der Waals surface area contributed by atoms with Crippen LogP contribution in [0.15, 0.2) is 11.6 Å². The summed E-state index contributed by atoms with van der Waals surface area (Å²) in [6.07, 6.45) is -4.91. The third kappa shape index (κ3) is 7.60. The molecule has 1 unspecified atom stereocenters. The molecule has 0 amide bonds. The summed E-state index contributed by atoms with van der Waals surface area (Å²) in [5.74, 6) is 0. The summed E-state index contributed by atoms with van der Waals surface area (Å²) in [6.45, 7) is 3.47. The Bertz CT molecular complexity index is 156. The van der Waals surface area contributed by atoms with Crippen molar-refractivity contribution < 1.29 is 18.3 Å². The number of alkyl halides is 3. The molecule has 12 heavy (non-hydrogen) atoms. The predicted molar refractivity (Wildman–Crippen MR) is 40.7 cm³/mol. The molecule has 4 heteroatoms. The highest BCUT2D eigenvalue weighted by molar-refractivity contribution is 4.97. The van der Waals surface area contributed by atoms with E-state index in [1.807, 2.05) is 0 Å². The van der Waals surface area contributed by atoms with Crippen LogP contribution >= 0.6 is 0 Å². The van der Waals surface area contributed by atoms with E-state index in [1.54, 1.807) is 13.8 Å². The molecule has 0 aliphatic heterocycles. The molecule has 0 spiro atoms. The van der Waals surface area contributed by atoms with E-state index in [1.165, 1.54) is 6.08 Å². The highest BCUT2D eigenvalue weighted by Crippen LogP contribution is 2.22. The highest BCUT2D eigenvalue weighted by atomic mass is 19.4. The number of aliphatic hydroxyl groups excluding tert-OH is 1. The molecule has 0 bridgehead atoms. The molecule has 72 valence electrons. The van der Waals surface area contributed by atoms with E-state index in [2.05, 4.69) is 0 Å². The summed E-state index contributed by atoms with van der Waals surface area (Å²) in [5, 5.41) is 9.01. The molecule has 0 radical (unpaired) electrons. The van der Waals surface area contributed by atoms with Crippen LogP contribution in [-0.4, -0.2) is 17.4 Å². The molecule has 0 rings (SSSR count). The lowest BCUT2D eigenvalue weighted by atomic mass is 10.1. The molecule has 0 aromatic rings. The molecule has 0 aliphatic rings. The minimum Gasteiger partial charge on any atom is -0.389 e. The van der Waals surface area contributed by atoms with Crippen molar-refractivity contribution in [1.29, 1.82) is 0 Å². The fraction of sp³-hybridized carbons (Fsp3) is 0.750. The van der Waals surface area contributed by atoms with Crippen molar-refractivity contribution in [2.75, 3.05) is 0 Å². The van der Waals surface area contributed by atoms with Gasteiger partial charge in [-0.1, -0.05) is 11.6 Å². The first-order chi connectivity index (χ1) is 5.31. The van der Waals surface area contributed by atoms with Gasteiger partial charge in [0, 0.05) is 6.42 Å². The zero-order chi connectivity index (χ0) is 9.78. The van der Waals surface area contributed by atoms with E-state index in [9.17, 15) is 13.2 Å². The monoisotopic (exact) mass is 182 g/mol. The summed E-state index contributed by atoms with van der Waals surface area (Å²) >= 11 is 0. The summed E-state index contributed by atoms with van der Waals surface area (Å²) in [5.41, 5.74) is 0.824. The minimum absolute atomic E-state index is 0.255. The van der Waals surface area contributed by atoms with Gasteiger partial charge in [0.05, 0.1) is 6.10 Å². The third-order valence-electron chi connectivity index (χ3n) is 1.25. The van der Waals surface area contributed by atoms with E-state index in [-0.39, 0.29) is 6.42 Å². The van der Waals surface area contributed by atoms with Gasteiger partial charge in [0.15, 0.2) is 0 Å². The Morgan fingerprint density at radius 1 is 1.42 bits per heavy atom. The van der Waals surface area contributed by atoms with Gasteiger partial charge in [0.1, 0.15) is 0 Å². The molecule has 1 N–H and O–H groups in total. The Hall–Kier alpha value is -0.510. The van der Waals surface area contributed by atoms with Gasteiger partial charge in [-0.3, -0.25) is 0 Å². The fourth-order valence-electron chi connectivity index (χ4n) is 0.780. The molecule has 1 nitrogen and oxygen atoms in total. The molecular weight excluding hydrogens is 169 g/mol. The van der Waals surface area contributed by atoms with Crippen LogP contribution in [0, 0.1) is 0 Å². The number of aliphatic hydroxyl groups is 1. The van der Waals surface area contributed by atoms with Crippen molar-refractivity contribution in [3.8, 4) is 0 Å². The number of hydrogen-bond donors (Lipinski definition) is 1. The van der Waals surface area contributed by atoms with Gasteiger partial charge in [-0.15, -0.1) is 0 Å². The van der Waals surface area contributed by atoms with Crippen LogP contribution in [0.2, 0.25) is 0 Å². The van der Waals surface area contributed by atoms with E-state index >= 15 is 0 Å². The van der Waals surface area contributed by atoms with Gasteiger partial charge in [-0.05, 0) is 20.3 Å². The zero-order valence-corrected chi connectivity index (χ0v) is 7.15. The maximum atomic E-state index is 11.6. The highest BCUT2D eigenvalue weighted by Gasteiger charge is 2.27. The average Bonchev–Trinajstić information content (AvgIpc) is 1.80. The maximum absolute atomic E-state index is 11.6. The van der Waals surface area contributed by atoms with E-state index in [0.29, 0.717) is 0 Å². The van der Waals surface area contributed by atoms with Crippen molar-refractivity contribution in [2.45, 2.75) is 39.0 Å². The Kier molecular flexibility index (Phi) is 4.31. The van der Waals surface area contributed by atoms with Crippen molar-refractivity contribution in [2.24, 2.45) is 0 Å². The molecule has 0 aromatic carbocycles. The first-order valence-corrected chi connectivity index (χ1v) is 3.71. The van der Waals surface area contributed by atoms with E-state index < -0.39 is 18.7 Å². The van der Waals surface area contributed by atoms with Crippen LogP contribution in [-0.2, 0) is 0 Å². The number of rotatable bonds is 3. The first kappa shape index (κ1) is 11.5. The second-order valence-corrected chi connectivity index (χ2v) is 2.97. The van der Waals surface area contributed by atoms with Gasteiger partial charge < -0.3 is 5.11 Å². The molecule has 0 aromatic heterocycles. The Morgan fingerprint density at radius 3 is 2.25 bits per heavy atom. The molecular formula is C8H13F3O. The fourth-order valence-corrected chi connectivity index (χ4v) is 0.780. The zero-order valence-electron chi connectivity index (χ0n) is 7.15.